The minimum atomic E-state index is -0.533. The third-order valence-corrected chi connectivity index (χ3v) is 3.81. The van der Waals surface area contributed by atoms with Gasteiger partial charge in [0.25, 0.3) is 0 Å². The van der Waals surface area contributed by atoms with E-state index < -0.39 is 11.7 Å². The normalized spacial score (nSPS) is 12.4. The molecule has 0 aromatic heterocycles. The number of hydrogen-bond donors (Lipinski definition) is 1. The molecule has 25 heavy (non-hydrogen) atoms. The molecule has 1 amide bonds. The average molecular weight is 362 g/mol. The number of amides is 1. The van der Waals surface area contributed by atoms with Gasteiger partial charge in [-0.2, -0.15) is 0 Å². The van der Waals surface area contributed by atoms with Crippen molar-refractivity contribution >= 4 is 35.1 Å². The largest absolute Gasteiger partial charge is 0.454 e. The van der Waals surface area contributed by atoms with Crippen LogP contribution in [-0.4, -0.2) is 18.5 Å². The molecule has 0 spiro atoms. The summed E-state index contributed by atoms with van der Waals surface area (Å²) in [6.45, 7) is 1.46. The van der Waals surface area contributed by atoms with Crippen LogP contribution in [0, 0.1) is 5.82 Å². The highest BCUT2D eigenvalue weighted by molar-refractivity contribution is 6.30. The van der Waals surface area contributed by atoms with E-state index in [1.165, 1.54) is 43.3 Å². The molecule has 0 unspecified atom stereocenters. The number of hydrogen-bond acceptors (Lipinski definition) is 4. The molecule has 7 heteroatoms. The first-order valence-electron chi connectivity index (χ1n) is 7.33. The molecule has 2 aromatic carbocycles. The van der Waals surface area contributed by atoms with Crippen LogP contribution < -0.4 is 14.8 Å². The quantitative estimate of drug-likeness (QED) is 0.658. The number of anilines is 1. The van der Waals surface area contributed by atoms with Crippen LogP contribution in [0.15, 0.2) is 36.4 Å². The van der Waals surface area contributed by atoms with Crippen molar-refractivity contribution in [1.29, 1.82) is 0 Å². The number of carbonyl (C=O) groups is 2. The van der Waals surface area contributed by atoms with Crippen LogP contribution >= 0.6 is 11.6 Å². The van der Waals surface area contributed by atoms with E-state index in [1.807, 2.05) is 0 Å². The van der Waals surface area contributed by atoms with Gasteiger partial charge < -0.3 is 14.8 Å². The van der Waals surface area contributed by atoms with Gasteiger partial charge >= 0.3 is 0 Å². The first kappa shape index (κ1) is 17.0. The summed E-state index contributed by atoms with van der Waals surface area (Å²) in [5, 5.41) is 2.60. The fourth-order valence-electron chi connectivity index (χ4n) is 2.30. The fourth-order valence-corrected chi connectivity index (χ4v) is 2.49. The Balaban J connectivity index is 1.79. The zero-order valence-electron chi connectivity index (χ0n) is 13.1. The van der Waals surface area contributed by atoms with E-state index in [0.29, 0.717) is 28.3 Å². The second-order valence-electron chi connectivity index (χ2n) is 5.30. The molecule has 128 valence electrons. The Morgan fingerprint density at radius 3 is 2.60 bits per heavy atom. The Kier molecular flexibility index (Phi) is 4.72. The Bertz CT molecular complexity index is 895. The fraction of sp³-hybridized carbons (Fsp3) is 0.111. The molecule has 0 saturated heterocycles. The number of halogens is 2. The lowest BCUT2D eigenvalue weighted by atomic mass is 10.1. The first-order chi connectivity index (χ1) is 11.9. The first-order valence-corrected chi connectivity index (χ1v) is 7.70. The molecule has 0 bridgehead atoms. The lowest BCUT2D eigenvalue weighted by Crippen LogP contribution is -2.11. The number of benzene rings is 2. The average Bonchev–Trinajstić information content (AvgIpc) is 3.02. The molecule has 2 aromatic rings. The monoisotopic (exact) mass is 361 g/mol. The SMILES string of the molecule is CC(=O)c1cc2c(cc1NC(=O)/C=C/c1ccc(F)c(Cl)c1)OCO2. The lowest BCUT2D eigenvalue weighted by Gasteiger charge is -2.09. The number of fused-ring (bicyclic) bond motifs is 1. The third-order valence-electron chi connectivity index (χ3n) is 3.52. The van der Waals surface area contributed by atoms with Crippen molar-refractivity contribution in [3.05, 3.63) is 58.4 Å². The maximum Gasteiger partial charge on any atom is 0.248 e. The summed E-state index contributed by atoms with van der Waals surface area (Å²) in [6.07, 6.45) is 2.75. The van der Waals surface area contributed by atoms with Gasteiger partial charge in [0.05, 0.1) is 10.7 Å². The predicted molar refractivity (Wildman–Crippen MR) is 91.6 cm³/mol. The Hall–Kier alpha value is -2.86. The van der Waals surface area contributed by atoms with E-state index >= 15 is 0 Å². The minimum Gasteiger partial charge on any atom is -0.454 e. The van der Waals surface area contributed by atoms with Crippen molar-refractivity contribution in [1.82, 2.24) is 0 Å². The Morgan fingerprint density at radius 1 is 1.20 bits per heavy atom. The van der Waals surface area contributed by atoms with E-state index in [4.69, 9.17) is 21.1 Å². The number of Topliss-reactive ketones (excluding diaryl/α,β-unsaturated/α-hetero) is 1. The molecule has 0 fully saturated rings. The minimum absolute atomic E-state index is 0.0304. The molecule has 0 aliphatic carbocycles. The van der Waals surface area contributed by atoms with Gasteiger partial charge in [-0.05, 0) is 36.8 Å². The maximum absolute atomic E-state index is 13.1. The van der Waals surface area contributed by atoms with Crippen LogP contribution in [0.1, 0.15) is 22.8 Å². The highest BCUT2D eigenvalue weighted by atomic mass is 35.5. The summed E-state index contributed by atoms with van der Waals surface area (Å²) in [5.74, 6) is -0.297. The van der Waals surface area contributed by atoms with Crippen molar-refractivity contribution < 1.29 is 23.5 Å². The van der Waals surface area contributed by atoms with Gasteiger partial charge in [-0.3, -0.25) is 9.59 Å². The van der Waals surface area contributed by atoms with Crippen LogP contribution in [0.4, 0.5) is 10.1 Å². The summed E-state index contributed by atoms with van der Waals surface area (Å²) in [7, 11) is 0. The van der Waals surface area contributed by atoms with Crippen molar-refractivity contribution in [3.8, 4) is 11.5 Å². The Labute approximate surface area is 148 Å². The zero-order chi connectivity index (χ0) is 18.0. The number of ketones is 1. The highest BCUT2D eigenvalue weighted by Gasteiger charge is 2.19. The van der Waals surface area contributed by atoms with Gasteiger partial charge in [-0.1, -0.05) is 17.7 Å². The Morgan fingerprint density at radius 2 is 1.92 bits per heavy atom. The standard InChI is InChI=1S/C18H13ClFNO4/c1-10(22)12-7-16-17(25-9-24-16)8-15(12)21-18(23)5-3-11-2-4-14(20)13(19)6-11/h2-8H,9H2,1H3,(H,21,23)/b5-3+. The van der Waals surface area contributed by atoms with E-state index in [2.05, 4.69) is 5.32 Å². The summed E-state index contributed by atoms with van der Waals surface area (Å²) in [5.41, 5.74) is 1.21. The smallest absolute Gasteiger partial charge is 0.248 e. The third kappa shape index (κ3) is 3.80. The molecule has 0 saturated carbocycles. The second-order valence-corrected chi connectivity index (χ2v) is 5.71. The van der Waals surface area contributed by atoms with Gasteiger partial charge in [0.15, 0.2) is 17.3 Å². The number of rotatable bonds is 4. The molecule has 3 rings (SSSR count). The van der Waals surface area contributed by atoms with Crippen LogP contribution in [0.3, 0.4) is 0 Å². The number of ether oxygens (including phenoxy) is 2. The lowest BCUT2D eigenvalue weighted by molar-refractivity contribution is -0.111. The van der Waals surface area contributed by atoms with E-state index in [9.17, 15) is 14.0 Å². The summed E-state index contributed by atoms with van der Waals surface area (Å²) in [4.78, 5) is 23.9. The molecule has 0 radical (unpaired) electrons. The molecule has 1 aliphatic rings. The molecule has 1 N–H and O–H groups in total. The molecular formula is C18H13ClFNO4. The van der Waals surface area contributed by atoms with E-state index in [0.717, 1.165) is 0 Å². The summed E-state index contributed by atoms with van der Waals surface area (Å²) in [6, 6.07) is 7.18. The number of carbonyl (C=O) groups excluding carboxylic acids is 2. The molecule has 1 aliphatic heterocycles. The van der Waals surface area contributed by atoms with Crippen molar-refractivity contribution in [2.75, 3.05) is 12.1 Å². The van der Waals surface area contributed by atoms with E-state index in [-0.39, 0.29) is 17.6 Å². The zero-order valence-corrected chi connectivity index (χ0v) is 13.9. The highest BCUT2D eigenvalue weighted by Crippen LogP contribution is 2.37. The molecule has 0 atom stereocenters. The predicted octanol–water partition coefficient (Wildman–Crippen LogP) is 4.06. The summed E-state index contributed by atoms with van der Waals surface area (Å²) >= 11 is 5.70. The van der Waals surface area contributed by atoms with Gasteiger partial charge in [-0.25, -0.2) is 4.39 Å². The van der Waals surface area contributed by atoms with Crippen molar-refractivity contribution in [2.24, 2.45) is 0 Å². The maximum atomic E-state index is 13.1. The van der Waals surface area contributed by atoms with E-state index in [1.54, 1.807) is 6.07 Å². The van der Waals surface area contributed by atoms with Gasteiger partial charge in [0.1, 0.15) is 5.82 Å². The van der Waals surface area contributed by atoms with Crippen LogP contribution in [0.25, 0.3) is 6.08 Å². The van der Waals surface area contributed by atoms with Crippen molar-refractivity contribution in [3.63, 3.8) is 0 Å². The molecule has 1 heterocycles. The second kappa shape index (κ2) is 6.94. The van der Waals surface area contributed by atoms with Gasteiger partial charge in [-0.15, -0.1) is 0 Å². The van der Waals surface area contributed by atoms with Crippen LogP contribution in [-0.2, 0) is 4.79 Å². The van der Waals surface area contributed by atoms with Crippen molar-refractivity contribution in [2.45, 2.75) is 6.92 Å². The topological polar surface area (TPSA) is 64.6 Å². The van der Waals surface area contributed by atoms with Crippen LogP contribution in [0.5, 0.6) is 11.5 Å². The van der Waals surface area contributed by atoms with Gasteiger partial charge in [0, 0.05) is 17.7 Å². The summed E-state index contributed by atoms with van der Waals surface area (Å²) < 4.78 is 23.6. The molecule has 5 nitrogen and oxygen atoms in total. The van der Waals surface area contributed by atoms with Crippen LogP contribution in [0.2, 0.25) is 5.02 Å². The van der Waals surface area contributed by atoms with Gasteiger partial charge in [0.2, 0.25) is 12.7 Å². The number of nitrogens with one attached hydrogen (secondary N) is 1. The molecular weight excluding hydrogens is 349 g/mol.